The summed E-state index contributed by atoms with van der Waals surface area (Å²) < 4.78 is 1.46. The van der Waals surface area contributed by atoms with Gasteiger partial charge < -0.3 is 5.32 Å². The van der Waals surface area contributed by atoms with Crippen molar-refractivity contribution in [2.75, 3.05) is 5.32 Å². The summed E-state index contributed by atoms with van der Waals surface area (Å²) in [4.78, 5) is 34.8. The van der Waals surface area contributed by atoms with E-state index in [1.54, 1.807) is 6.07 Å². The van der Waals surface area contributed by atoms with Crippen molar-refractivity contribution < 1.29 is 9.59 Å². The molecule has 5 rings (SSSR count). The third kappa shape index (κ3) is 3.77. The molecule has 0 spiro atoms. The minimum absolute atomic E-state index is 0.181. The van der Waals surface area contributed by atoms with Crippen molar-refractivity contribution in [3.8, 4) is 0 Å². The Morgan fingerprint density at radius 2 is 1.69 bits per heavy atom. The summed E-state index contributed by atoms with van der Waals surface area (Å²) in [6.07, 6.45) is 2.53. The molecule has 7 heteroatoms. The summed E-state index contributed by atoms with van der Waals surface area (Å²) in [6, 6.07) is 21.1. The summed E-state index contributed by atoms with van der Waals surface area (Å²) >= 11 is 0. The van der Waals surface area contributed by atoms with Crippen LogP contribution in [-0.4, -0.2) is 33.3 Å². The van der Waals surface area contributed by atoms with Crippen LogP contribution >= 0.6 is 0 Å². The van der Waals surface area contributed by atoms with Crippen LogP contribution in [0.15, 0.2) is 76.7 Å². The zero-order valence-corrected chi connectivity index (χ0v) is 17.7. The summed E-state index contributed by atoms with van der Waals surface area (Å²) in [7, 11) is 0. The van der Waals surface area contributed by atoms with Crippen LogP contribution in [0.2, 0.25) is 0 Å². The van der Waals surface area contributed by atoms with Gasteiger partial charge in [0, 0.05) is 11.8 Å². The summed E-state index contributed by atoms with van der Waals surface area (Å²) in [6.45, 7) is 1.83. The minimum Gasteiger partial charge on any atom is -0.310 e. The van der Waals surface area contributed by atoms with Crippen LogP contribution in [0.5, 0.6) is 0 Å². The fourth-order valence-electron chi connectivity index (χ4n) is 4.38. The highest BCUT2D eigenvalue weighted by Gasteiger charge is 2.34. The fraction of sp³-hybridized carbons (Fsp3) is 0.240. The normalized spacial score (nSPS) is 17.7. The van der Waals surface area contributed by atoms with Crippen molar-refractivity contribution in [2.45, 2.75) is 32.1 Å². The van der Waals surface area contributed by atoms with Crippen LogP contribution in [0.1, 0.15) is 42.0 Å². The van der Waals surface area contributed by atoms with E-state index in [1.807, 2.05) is 67.6 Å². The monoisotopic (exact) mass is 425 g/mol. The Hall–Kier alpha value is -3.87. The Labute approximate surface area is 185 Å². The van der Waals surface area contributed by atoms with Gasteiger partial charge in [0.25, 0.3) is 11.9 Å². The minimum atomic E-state index is -0.499. The Kier molecular flexibility index (Phi) is 5.23. The van der Waals surface area contributed by atoms with Crippen molar-refractivity contribution in [3.05, 3.63) is 83.6 Å². The van der Waals surface area contributed by atoms with Gasteiger partial charge in [-0.1, -0.05) is 60.7 Å². The standard InChI is InChI=1S/C25H23N5O2/c1-16-15-21(30(29-16)25-26-20-14-8-13-19(20)23(31)28-25)27-24(32)22(17-9-4-2-5-10-17)18-11-6-3-7-12-18/h2-7,9-12,15,19,22H,8,13-14H2,1H3,(H,27,32). The molecule has 1 aliphatic heterocycles. The molecule has 3 aromatic rings. The highest BCUT2D eigenvalue weighted by Crippen LogP contribution is 2.29. The Bertz CT molecular complexity index is 1190. The molecule has 1 N–H and O–H groups in total. The van der Waals surface area contributed by atoms with Gasteiger partial charge in [0.05, 0.1) is 17.5 Å². The second-order valence-electron chi connectivity index (χ2n) is 8.12. The number of amides is 2. The van der Waals surface area contributed by atoms with Gasteiger partial charge in [-0.15, -0.1) is 0 Å². The fourth-order valence-corrected chi connectivity index (χ4v) is 4.38. The number of aryl methyl sites for hydroxylation is 1. The lowest BCUT2D eigenvalue weighted by Crippen LogP contribution is -2.30. The Morgan fingerprint density at radius 3 is 2.34 bits per heavy atom. The zero-order chi connectivity index (χ0) is 22.1. The van der Waals surface area contributed by atoms with Crippen molar-refractivity contribution >= 4 is 29.3 Å². The van der Waals surface area contributed by atoms with E-state index in [0.717, 1.165) is 36.1 Å². The van der Waals surface area contributed by atoms with Crippen molar-refractivity contribution in [1.82, 2.24) is 9.78 Å². The first-order valence-electron chi connectivity index (χ1n) is 10.8. The molecule has 2 heterocycles. The molecule has 2 amide bonds. The third-order valence-electron chi connectivity index (χ3n) is 5.88. The molecule has 0 radical (unpaired) electrons. The van der Waals surface area contributed by atoms with E-state index in [9.17, 15) is 9.59 Å². The van der Waals surface area contributed by atoms with E-state index in [-0.39, 0.29) is 23.7 Å². The van der Waals surface area contributed by atoms with Gasteiger partial charge in [-0.25, -0.2) is 4.99 Å². The second-order valence-corrected chi connectivity index (χ2v) is 8.12. The lowest BCUT2D eigenvalue weighted by atomic mass is 9.90. The first kappa shape index (κ1) is 20.1. The molecule has 2 aliphatic rings. The molecule has 1 fully saturated rings. The average molecular weight is 425 g/mol. The highest BCUT2D eigenvalue weighted by molar-refractivity contribution is 6.17. The summed E-state index contributed by atoms with van der Waals surface area (Å²) in [5.74, 6) is -0.424. The van der Waals surface area contributed by atoms with Crippen LogP contribution < -0.4 is 5.32 Å². The summed E-state index contributed by atoms with van der Waals surface area (Å²) in [5, 5.41) is 7.45. The number of carbonyl (C=O) groups excluding carboxylic acids is 2. The van der Waals surface area contributed by atoms with Crippen molar-refractivity contribution in [1.29, 1.82) is 0 Å². The quantitative estimate of drug-likeness (QED) is 0.686. The van der Waals surface area contributed by atoms with Gasteiger partial charge in [-0.05, 0) is 37.3 Å². The molecule has 32 heavy (non-hydrogen) atoms. The smallest absolute Gasteiger partial charge is 0.257 e. The molecule has 2 aromatic carbocycles. The van der Waals surface area contributed by atoms with Gasteiger partial charge in [0.15, 0.2) is 0 Å². The average Bonchev–Trinajstić information content (AvgIpc) is 3.42. The maximum Gasteiger partial charge on any atom is 0.257 e. The van der Waals surface area contributed by atoms with Crippen LogP contribution in [-0.2, 0) is 9.59 Å². The number of benzene rings is 2. The molecule has 1 aromatic heterocycles. The topological polar surface area (TPSA) is 88.7 Å². The second kappa shape index (κ2) is 8.34. The number of aliphatic imine (C=N–C) groups is 2. The number of fused-ring (bicyclic) bond motifs is 1. The number of hydrogen-bond donors (Lipinski definition) is 1. The molecule has 160 valence electrons. The van der Waals surface area contributed by atoms with E-state index in [0.29, 0.717) is 11.5 Å². The van der Waals surface area contributed by atoms with Gasteiger partial charge in [0.2, 0.25) is 5.91 Å². The van der Waals surface area contributed by atoms with Crippen molar-refractivity contribution in [2.24, 2.45) is 15.9 Å². The molecule has 0 saturated heterocycles. The number of carbonyl (C=O) groups is 2. The van der Waals surface area contributed by atoms with Crippen LogP contribution in [0.25, 0.3) is 0 Å². The third-order valence-corrected chi connectivity index (χ3v) is 5.88. The zero-order valence-electron chi connectivity index (χ0n) is 17.7. The predicted octanol–water partition coefficient (Wildman–Crippen LogP) is 3.95. The van der Waals surface area contributed by atoms with Gasteiger partial charge in [-0.3, -0.25) is 9.59 Å². The van der Waals surface area contributed by atoms with Gasteiger partial charge in [0.1, 0.15) is 5.82 Å². The Balaban J connectivity index is 1.49. The predicted molar refractivity (Wildman–Crippen MR) is 123 cm³/mol. The maximum absolute atomic E-state index is 13.5. The lowest BCUT2D eigenvalue weighted by molar-refractivity contribution is -0.119. The number of rotatable bonds is 4. The van der Waals surface area contributed by atoms with E-state index in [4.69, 9.17) is 0 Å². The number of anilines is 1. The molecular formula is C25H23N5O2. The van der Waals surface area contributed by atoms with E-state index in [1.165, 1.54) is 4.68 Å². The van der Waals surface area contributed by atoms with Crippen LogP contribution in [0.4, 0.5) is 5.82 Å². The van der Waals surface area contributed by atoms with Gasteiger partial charge >= 0.3 is 0 Å². The molecule has 1 unspecified atom stereocenters. The highest BCUT2D eigenvalue weighted by atomic mass is 16.2. The summed E-state index contributed by atoms with van der Waals surface area (Å²) in [5.41, 5.74) is 3.33. The maximum atomic E-state index is 13.5. The first-order chi connectivity index (χ1) is 15.6. The molecule has 1 aliphatic carbocycles. The van der Waals surface area contributed by atoms with E-state index >= 15 is 0 Å². The molecule has 0 bridgehead atoms. The van der Waals surface area contributed by atoms with Crippen LogP contribution in [0, 0.1) is 12.8 Å². The molecule has 7 nitrogen and oxygen atoms in total. The first-order valence-corrected chi connectivity index (χ1v) is 10.8. The number of aromatic nitrogens is 2. The van der Waals surface area contributed by atoms with Gasteiger partial charge in [-0.2, -0.15) is 14.8 Å². The van der Waals surface area contributed by atoms with Crippen molar-refractivity contribution in [3.63, 3.8) is 0 Å². The number of nitrogens with one attached hydrogen (secondary N) is 1. The van der Waals surface area contributed by atoms with E-state index < -0.39 is 5.92 Å². The number of hydrogen-bond acceptors (Lipinski definition) is 4. The molecule has 1 saturated carbocycles. The largest absolute Gasteiger partial charge is 0.310 e. The van der Waals surface area contributed by atoms with E-state index in [2.05, 4.69) is 20.4 Å². The number of nitrogens with zero attached hydrogens (tertiary/aromatic N) is 4. The Morgan fingerprint density at radius 1 is 1.03 bits per heavy atom. The molecular weight excluding hydrogens is 402 g/mol. The lowest BCUT2D eigenvalue weighted by Gasteiger charge is -2.19. The molecule has 1 atom stereocenters. The van der Waals surface area contributed by atoms with Crippen LogP contribution in [0.3, 0.4) is 0 Å². The SMILES string of the molecule is Cc1cc(NC(=O)C(c2ccccc2)c2ccccc2)n(C2=NC(=O)C3CCCC3=N2)n1.